The van der Waals surface area contributed by atoms with Crippen LogP contribution in [0.5, 0.6) is 0 Å². The van der Waals surface area contributed by atoms with Crippen molar-refractivity contribution >= 4 is 10.9 Å². The van der Waals surface area contributed by atoms with Crippen LogP contribution in [-0.4, -0.2) is 21.4 Å². The maximum atomic E-state index is 4.67. The van der Waals surface area contributed by atoms with Crippen molar-refractivity contribution in [2.45, 2.75) is 33.0 Å². The lowest BCUT2D eigenvalue weighted by Crippen LogP contribution is -2.12. The van der Waals surface area contributed by atoms with Gasteiger partial charge in [0.25, 0.3) is 0 Å². The van der Waals surface area contributed by atoms with Crippen molar-refractivity contribution in [1.29, 1.82) is 0 Å². The first kappa shape index (κ1) is 13.9. The highest BCUT2D eigenvalue weighted by Crippen LogP contribution is 2.21. The predicted molar refractivity (Wildman–Crippen MR) is 86.4 cm³/mol. The fourth-order valence-corrected chi connectivity index (χ4v) is 2.69. The third-order valence-electron chi connectivity index (χ3n) is 3.77. The first-order valence-electron chi connectivity index (χ1n) is 7.45. The molecule has 2 heterocycles. The van der Waals surface area contributed by atoms with Gasteiger partial charge in [0, 0.05) is 30.0 Å². The molecule has 0 saturated carbocycles. The van der Waals surface area contributed by atoms with E-state index < -0.39 is 0 Å². The van der Waals surface area contributed by atoms with E-state index in [4.69, 9.17) is 0 Å². The second kappa shape index (κ2) is 5.74. The van der Waals surface area contributed by atoms with Crippen molar-refractivity contribution in [3.05, 3.63) is 54.0 Å². The SMILES string of the molecule is CNCc1cc2ccccc2n1Cc1ccn(C(C)C)n1. The second-order valence-corrected chi connectivity index (χ2v) is 5.69. The Morgan fingerprint density at radius 3 is 2.71 bits per heavy atom. The highest BCUT2D eigenvalue weighted by atomic mass is 15.3. The average Bonchev–Trinajstić information content (AvgIpc) is 3.06. The minimum atomic E-state index is 0.400. The van der Waals surface area contributed by atoms with Crippen molar-refractivity contribution in [3.8, 4) is 0 Å². The lowest BCUT2D eigenvalue weighted by Gasteiger charge is -2.09. The van der Waals surface area contributed by atoms with Crippen LogP contribution in [0.25, 0.3) is 10.9 Å². The Morgan fingerprint density at radius 2 is 2.00 bits per heavy atom. The molecule has 0 atom stereocenters. The summed E-state index contributed by atoms with van der Waals surface area (Å²) in [5.41, 5.74) is 3.65. The molecule has 2 aromatic heterocycles. The number of nitrogens with one attached hydrogen (secondary N) is 1. The molecule has 0 fully saturated rings. The number of fused-ring (bicyclic) bond motifs is 1. The molecule has 0 bridgehead atoms. The summed E-state index contributed by atoms with van der Waals surface area (Å²) in [6, 6.07) is 13.3. The summed E-state index contributed by atoms with van der Waals surface area (Å²) in [5.74, 6) is 0. The molecule has 0 saturated heterocycles. The normalized spacial score (nSPS) is 11.6. The number of para-hydroxylation sites is 1. The largest absolute Gasteiger partial charge is 0.337 e. The number of hydrogen-bond donors (Lipinski definition) is 1. The van der Waals surface area contributed by atoms with Crippen LogP contribution in [0, 0.1) is 0 Å². The molecule has 1 aromatic carbocycles. The van der Waals surface area contributed by atoms with Gasteiger partial charge >= 0.3 is 0 Å². The number of nitrogens with zero attached hydrogens (tertiary/aromatic N) is 3. The fourth-order valence-electron chi connectivity index (χ4n) is 2.69. The van der Waals surface area contributed by atoms with Gasteiger partial charge < -0.3 is 9.88 Å². The minimum absolute atomic E-state index is 0.400. The van der Waals surface area contributed by atoms with Gasteiger partial charge in [-0.2, -0.15) is 5.10 Å². The van der Waals surface area contributed by atoms with Gasteiger partial charge in [-0.05, 0) is 44.5 Å². The van der Waals surface area contributed by atoms with Crippen molar-refractivity contribution in [1.82, 2.24) is 19.7 Å². The molecule has 0 spiro atoms. The molecule has 3 rings (SSSR count). The second-order valence-electron chi connectivity index (χ2n) is 5.69. The van der Waals surface area contributed by atoms with E-state index >= 15 is 0 Å². The Balaban J connectivity index is 1.99. The zero-order chi connectivity index (χ0) is 14.8. The fraction of sp³-hybridized carbons (Fsp3) is 0.353. The highest BCUT2D eigenvalue weighted by molar-refractivity contribution is 5.81. The van der Waals surface area contributed by atoms with Crippen molar-refractivity contribution in [2.24, 2.45) is 0 Å². The van der Waals surface area contributed by atoms with Crippen molar-refractivity contribution in [2.75, 3.05) is 7.05 Å². The first-order chi connectivity index (χ1) is 10.2. The van der Waals surface area contributed by atoms with Crippen molar-refractivity contribution in [3.63, 3.8) is 0 Å². The van der Waals surface area contributed by atoms with Gasteiger partial charge in [0.2, 0.25) is 0 Å². The van der Waals surface area contributed by atoms with Gasteiger partial charge in [0.1, 0.15) is 0 Å². The van der Waals surface area contributed by atoms with Crippen LogP contribution in [-0.2, 0) is 13.1 Å². The summed E-state index contributed by atoms with van der Waals surface area (Å²) in [4.78, 5) is 0. The molecule has 110 valence electrons. The van der Waals surface area contributed by atoms with Gasteiger partial charge in [-0.1, -0.05) is 18.2 Å². The molecule has 3 aromatic rings. The summed E-state index contributed by atoms with van der Waals surface area (Å²) < 4.78 is 4.36. The average molecular weight is 282 g/mol. The molecule has 0 amide bonds. The lowest BCUT2D eigenvalue weighted by molar-refractivity contribution is 0.523. The number of hydrogen-bond acceptors (Lipinski definition) is 2. The smallest absolute Gasteiger partial charge is 0.0822 e. The summed E-state index contributed by atoms with van der Waals surface area (Å²) in [6.07, 6.45) is 2.06. The molecule has 0 radical (unpaired) electrons. The minimum Gasteiger partial charge on any atom is -0.337 e. The Hall–Kier alpha value is -2.07. The van der Waals surface area contributed by atoms with Crippen LogP contribution in [0.3, 0.4) is 0 Å². The Morgan fingerprint density at radius 1 is 1.19 bits per heavy atom. The molecule has 0 aliphatic carbocycles. The van der Waals surface area contributed by atoms with Crippen LogP contribution < -0.4 is 5.32 Å². The van der Waals surface area contributed by atoms with Crippen LogP contribution in [0.2, 0.25) is 0 Å². The summed E-state index contributed by atoms with van der Waals surface area (Å²) in [7, 11) is 1.98. The molecule has 4 heteroatoms. The van der Waals surface area contributed by atoms with E-state index in [2.05, 4.69) is 71.4 Å². The zero-order valence-electron chi connectivity index (χ0n) is 12.9. The molecule has 1 N–H and O–H groups in total. The van der Waals surface area contributed by atoms with Gasteiger partial charge in [0.05, 0.1) is 12.2 Å². The summed E-state index contributed by atoms with van der Waals surface area (Å²) >= 11 is 0. The van der Waals surface area contributed by atoms with Gasteiger partial charge in [-0.3, -0.25) is 4.68 Å². The molecule has 0 aliphatic heterocycles. The molecule has 21 heavy (non-hydrogen) atoms. The Kier molecular flexibility index (Phi) is 3.80. The number of benzene rings is 1. The lowest BCUT2D eigenvalue weighted by atomic mass is 10.2. The third kappa shape index (κ3) is 2.72. The van der Waals surface area contributed by atoms with Crippen LogP contribution in [0.4, 0.5) is 0 Å². The molecule has 4 nitrogen and oxygen atoms in total. The predicted octanol–water partition coefficient (Wildman–Crippen LogP) is 3.19. The number of aromatic nitrogens is 3. The molecule has 0 aliphatic rings. The standard InChI is InChI=1S/C17H22N4/c1-13(2)21-9-8-15(19-21)12-20-16(11-18-3)10-14-6-4-5-7-17(14)20/h4-10,13,18H,11-12H2,1-3H3. The Labute approximate surface area is 125 Å². The Bertz CT molecular complexity index is 736. The maximum absolute atomic E-state index is 4.67. The van der Waals surface area contributed by atoms with Gasteiger partial charge in [-0.15, -0.1) is 0 Å². The monoisotopic (exact) mass is 282 g/mol. The van der Waals surface area contributed by atoms with E-state index in [1.165, 1.54) is 16.6 Å². The van der Waals surface area contributed by atoms with Gasteiger partial charge in [0.15, 0.2) is 0 Å². The molecular formula is C17H22N4. The van der Waals surface area contributed by atoms with E-state index in [9.17, 15) is 0 Å². The van der Waals surface area contributed by atoms with Crippen LogP contribution in [0.15, 0.2) is 42.6 Å². The van der Waals surface area contributed by atoms with E-state index in [0.717, 1.165) is 18.8 Å². The van der Waals surface area contributed by atoms with Crippen molar-refractivity contribution < 1.29 is 0 Å². The van der Waals surface area contributed by atoms with E-state index in [1.54, 1.807) is 0 Å². The van der Waals surface area contributed by atoms with E-state index in [0.29, 0.717) is 6.04 Å². The third-order valence-corrected chi connectivity index (χ3v) is 3.77. The summed E-state index contributed by atoms with van der Waals surface area (Å²) in [5, 5.41) is 9.20. The first-order valence-corrected chi connectivity index (χ1v) is 7.45. The molecular weight excluding hydrogens is 260 g/mol. The van der Waals surface area contributed by atoms with Crippen LogP contribution >= 0.6 is 0 Å². The quantitative estimate of drug-likeness (QED) is 0.780. The number of rotatable bonds is 5. The topological polar surface area (TPSA) is 34.8 Å². The zero-order valence-corrected chi connectivity index (χ0v) is 12.9. The van der Waals surface area contributed by atoms with Crippen LogP contribution in [0.1, 0.15) is 31.3 Å². The van der Waals surface area contributed by atoms with E-state index in [1.807, 2.05) is 11.7 Å². The maximum Gasteiger partial charge on any atom is 0.0822 e. The van der Waals surface area contributed by atoms with Gasteiger partial charge in [-0.25, -0.2) is 0 Å². The highest BCUT2D eigenvalue weighted by Gasteiger charge is 2.10. The molecule has 0 unspecified atom stereocenters. The summed E-state index contributed by atoms with van der Waals surface area (Å²) in [6.45, 7) is 5.96. The van der Waals surface area contributed by atoms with E-state index in [-0.39, 0.29) is 0 Å².